The lowest BCUT2D eigenvalue weighted by molar-refractivity contribution is -0.143. The predicted molar refractivity (Wildman–Crippen MR) is 155 cm³/mol. The second-order valence-corrected chi connectivity index (χ2v) is 12.2. The topological polar surface area (TPSA) is 186 Å². The molecule has 0 spiro atoms. The number of H-pyrrole nitrogens is 1. The molecule has 226 valence electrons. The Morgan fingerprint density at radius 1 is 1.17 bits per heavy atom. The van der Waals surface area contributed by atoms with E-state index < -0.39 is 46.8 Å². The van der Waals surface area contributed by atoms with Gasteiger partial charge in [-0.3, -0.25) is 24.0 Å². The van der Waals surface area contributed by atoms with Crippen LogP contribution in [0.5, 0.6) is 5.75 Å². The molecule has 2 aliphatic rings. The third-order valence-electron chi connectivity index (χ3n) is 7.53. The number of likely N-dealkylation sites (N-methyl/N-ethyl adjacent to an activating group) is 1. The van der Waals surface area contributed by atoms with Crippen molar-refractivity contribution < 1.29 is 29.1 Å². The van der Waals surface area contributed by atoms with Gasteiger partial charge in [-0.05, 0) is 23.6 Å². The van der Waals surface area contributed by atoms with E-state index in [0.29, 0.717) is 17.0 Å². The molecule has 42 heavy (non-hydrogen) atoms. The van der Waals surface area contributed by atoms with Gasteiger partial charge >= 0.3 is 0 Å². The normalized spacial score (nSPS) is 22.8. The minimum atomic E-state index is -1.40. The third kappa shape index (κ3) is 6.69. The zero-order chi connectivity index (χ0) is 30.6. The van der Waals surface area contributed by atoms with E-state index in [1.807, 2.05) is 0 Å². The summed E-state index contributed by atoms with van der Waals surface area (Å²) in [6, 6.07) is 3.73. The molecule has 2 fully saturated rings. The Morgan fingerprint density at radius 2 is 1.88 bits per heavy atom. The number of nitrogens with one attached hydrogen (secondary N) is 5. The summed E-state index contributed by atoms with van der Waals surface area (Å²) in [5.74, 6) is -2.02. The van der Waals surface area contributed by atoms with Crippen LogP contribution in [0.3, 0.4) is 0 Å². The van der Waals surface area contributed by atoms with E-state index in [4.69, 9.17) is 0 Å². The first kappa shape index (κ1) is 30.9. The van der Waals surface area contributed by atoms with Crippen LogP contribution in [0.15, 0.2) is 36.8 Å². The first-order chi connectivity index (χ1) is 19.9. The van der Waals surface area contributed by atoms with Gasteiger partial charge in [0.05, 0.1) is 11.7 Å². The SMILES string of the molecule is CNC(=O)[C@H](Cc1cnc[nH]1)NC(=O)[C@@H]1CS[C@@H]2C[C@@](Cc3ccc(O)cc3)(NC(=O)[C@@H](NC(C)=O)C(C)C)C(=O)N21. The second-order valence-electron chi connectivity index (χ2n) is 11.0. The van der Waals surface area contributed by atoms with Crippen molar-refractivity contribution in [3.05, 3.63) is 48.0 Å². The highest BCUT2D eigenvalue weighted by molar-refractivity contribution is 8.00. The number of benzene rings is 1. The Bertz CT molecular complexity index is 1320. The molecule has 2 aromatic rings. The van der Waals surface area contributed by atoms with Crippen LogP contribution in [0.4, 0.5) is 0 Å². The van der Waals surface area contributed by atoms with Crippen molar-refractivity contribution in [2.75, 3.05) is 12.8 Å². The van der Waals surface area contributed by atoms with Crippen LogP contribution >= 0.6 is 11.8 Å². The Balaban J connectivity index is 1.60. The van der Waals surface area contributed by atoms with Crippen molar-refractivity contribution in [2.24, 2.45) is 5.92 Å². The molecule has 13 nitrogen and oxygen atoms in total. The van der Waals surface area contributed by atoms with E-state index in [-0.39, 0.29) is 42.7 Å². The smallest absolute Gasteiger partial charge is 0.250 e. The summed E-state index contributed by atoms with van der Waals surface area (Å²) in [4.78, 5) is 74.2. The lowest BCUT2D eigenvalue weighted by Crippen LogP contribution is -2.62. The Hall–Kier alpha value is -4.07. The summed E-state index contributed by atoms with van der Waals surface area (Å²) in [7, 11) is 1.48. The quantitative estimate of drug-likeness (QED) is 0.205. The van der Waals surface area contributed by atoms with Gasteiger partial charge < -0.3 is 36.3 Å². The molecule has 1 aromatic carbocycles. The number of rotatable bonds is 11. The molecule has 5 amide bonds. The van der Waals surface area contributed by atoms with E-state index in [1.54, 1.807) is 32.2 Å². The summed E-state index contributed by atoms with van der Waals surface area (Å²) in [6.45, 7) is 4.91. The summed E-state index contributed by atoms with van der Waals surface area (Å²) >= 11 is 1.43. The van der Waals surface area contributed by atoms with Crippen molar-refractivity contribution in [1.82, 2.24) is 36.1 Å². The number of thioether (sulfide) groups is 1. The molecule has 0 radical (unpaired) electrons. The van der Waals surface area contributed by atoms with E-state index in [1.165, 1.54) is 49.1 Å². The first-order valence-corrected chi connectivity index (χ1v) is 14.8. The monoisotopic (exact) mass is 599 g/mol. The van der Waals surface area contributed by atoms with Crippen LogP contribution in [-0.4, -0.2) is 91.3 Å². The summed E-state index contributed by atoms with van der Waals surface area (Å²) in [5.41, 5.74) is -0.0327. The number of hydrogen-bond acceptors (Lipinski definition) is 8. The van der Waals surface area contributed by atoms with Crippen LogP contribution in [0.2, 0.25) is 0 Å². The Labute approximate surface area is 248 Å². The minimum Gasteiger partial charge on any atom is -0.508 e. The zero-order valence-corrected chi connectivity index (χ0v) is 24.8. The highest BCUT2D eigenvalue weighted by Crippen LogP contribution is 2.44. The summed E-state index contributed by atoms with van der Waals surface area (Å²) in [6.07, 6.45) is 3.58. The molecule has 4 rings (SSSR count). The number of phenolic OH excluding ortho intramolecular Hbond substituents is 1. The van der Waals surface area contributed by atoms with Gasteiger partial charge in [0.25, 0.3) is 0 Å². The van der Waals surface area contributed by atoms with Crippen molar-refractivity contribution >= 4 is 41.3 Å². The second kappa shape index (κ2) is 12.8. The van der Waals surface area contributed by atoms with Crippen molar-refractivity contribution in [1.29, 1.82) is 0 Å². The maximum atomic E-state index is 14.3. The van der Waals surface area contributed by atoms with E-state index in [9.17, 15) is 29.1 Å². The molecule has 14 heteroatoms. The number of hydrogen-bond donors (Lipinski definition) is 6. The van der Waals surface area contributed by atoms with Crippen LogP contribution in [0.1, 0.15) is 38.4 Å². The van der Waals surface area contributed by atoms with Crippen molar-refractivity contribution in [2.45, 2.75) is 69.1 Å². The number of carbonyl (C=O) groups excluding carboxylic acids is 5. The molecule has 6 N–H and O–H groups in total. The lowest BCUT2D eigenvalue weighted by Gasteiger charge is -2.33. The largest absolute Gasteiger partial charge is 0.508 e. The molecule has 0 bridgehead atoms. The molecule has 0 aliphatic carbocycles. The molecule has 1 aromatic heterocycles. The summed E-state index contributed by atoms with van der Waals surface area (Å²) in [5, 5.41) is 20.3. The van der Waals surface area contributed by atoms with E-state index in [2.05, 4.69) is 31.2 Å². The molecule has 2 aliphatic heterocycles. The maximum Gasteiger partial charge on any atom is 0.250 e. The van der Waals surface area contributed by atoms with E-state index >= 15 is 0 Å². The fourth-order valence-electron chi connectivity index (χ4n) is 5.42. The highest BCUT2D eigenvalue weighted by Gasteiger charge is 2.59. The average Bonchev–Trinajstić information content (AvgIpc) is 3.66. The maximum absolute atomic E-state index is 14.3. The van der Waals surface area contributed by atoms with Gasteiger partial charge in [0, 0.05) is 50.9 Å². The number of aromatic nitrogens is 2. The number of nitrogens with zero attached hydrogens (tertiary/aromatic N) is 2. The van der Waals surface area contributed by atoms with Crippen LogP contribution in [-0.2, 0) is 36.8 Å². The number of fused-ring (bicyclic) bond motifs is 1. The molecule has 3 heterocycles. The average molecular weight is 600 g/mol. The molecular weight excluding hydrogens is 562 g/mol. The number of aromatic amines is 1. The standard InChI is InChI=1S/C28H37N7O6S/c1-15(2)23(32-16(3)36)26(40)34-28(10-17-5-7-19(37)8-6-17)11-22-35(27(28)41)21(13-42-22)25(39)33-20(24(38)29-4)9-18-12-30-14-31-18/h5-8,12,14-15,20-23,37H,9-11,13H2,1-4H3,(H,29,38)(H,30,31)(H,32,36)(H,33,39)(H,34,40)/t20-,21-,22+,23-,28+/m0/s1. The van der Waals surface area contributed by atoms with Gasteiger partial charge in [0.2, 0.25) is 29.5 Å². The molecule has 2 saturated heterocycles. The molecule has 0 saturated carbocycles. The molecule has 5 atom stereocenters. The highest BCUT2D eigenvalue weighted by atomic mass is 32.2. The fourth-order valence-corrected chi connectivity index (χ4v) is 6.94. The van der Waals surface area contributed by atoms with Gasteiger partial charge in [0.1, 0.15) is 29.4 Å². The predicted octanol–water partition coefficient (Wildman–Crippen LogP) is -0.179. The van der Waals surface area contributed by atoms with Crippen molar-refractivity contribution in [3.63, 3.8) is 0 Å². The minimum absolute atomic E-state index is 0.0637. The number of imidazole rings is 1. The van der Waals surface area contributed by atoms with Crippen LogP contribution < -0.4 is 21.3 Å². The lowest BCUT2D eigenvalue weighted by atomic mass is 9.87. The van der Waals surface area contributed by atoms with Crippen LogP contribution in [0.25, 0.3) is 0 Å². The van der Waals surface area contributed by atoms with Gasteiger partial charge in [-0.2, -0.15) is 0 Å². The summed E-state index contributed by atoms with van der Waals surface area (Å²) < 4.78 is 0. The Kier molecular flexibility index (Phi) is 9.44. The van der Waals surface area contributed by atoms with Gasteiger partial charge in [-0.1, -0.05) is 26.0 Å². The van der Waals surface area contributed by atoms with Gasteiger partial charge in [-0.25, -0.2) is 4.98 Å². The number of aromatic hydroxyl groups is 1. The number of amides is 5. The fraction of sp³-hybridized carbons (Fsp3) is 0.500. The first-order valence-electron chi connectivity index (χ1n) is 13.7. The zero-order valence-electron chi connectivity index (χ0n) is 24.0. The van der Waals surface area contributed by atoms with Gasteiger partial charge in [-0.15, -0.1) is 11.8 Å². The van der Waals surface area contributed by atoms with E-state index in [0.717, 1.165) is 0 Å². The number of carbonyl (C=O) groups is 5. The van der Waals surface area contributed by atoms with Gasteiger partial charge in [0.15, 0.2) is 0 Å². The number of phenols is 1. The molecular formula is C28H37N7O6S. The van der Waals surface area contributed by atoms with Crippen molar-refractivity contribution in [3.8, 4) is 5.75 Å². The Morgan fingerprint density at radius 3 is 2.48 bits per heavy atom. The van der Waals surface area contributed by atoms with Crippen LogP contribution in [0, 0.1) is 5.92 Å². The molecule has 0 unspecified atom stereocenters. The third-order valence-corrected chi connectivity index (χ3v) is 8.82.